The van der Waals surface area contributed by atoms with Crippen LogP contribution in [-0.2, 0) is 16.1 Å². The van der Waals surface area contributed by atoms with Gasteiger partial charge >= 0.3 is 5.97 Å². The minimum atomic E-state index is -0.716. The van der Waals surface area contributed by atoms with Gasteiger partial charge < -0.3 is 10.1 Å². The van der Waals surface area contributed by atoms with E-state index >= 15 is 0 Å². The molecule has 1 aromatic heterocycles. The molecule has 0 saturated heterocycles. The smallest absolute Gasteiger partial charge is 0.328 e. The number of ether oxygens (including phenoxy) is 1. The quantitative estimate of drug-likeness (QED) is 0.811. The Kier molecular flexibility index (Phi) is 5.46. The standard InChI is InChI=1S/C16H20N4O3/c1-11(2)14(16(22)23-3)17-15(21)13-10-20(19-18-13)9-12-7-5-4-6-8-12/h4-8,10-11,14H,9H2,1-3H3,(H,17,21)/t14-/m1/s1. The maximum absolute atomic E-state index is 12.2. The molecule has 23 heavy (non-hydrogen) atoms. The number of aromatic nitrogens is 3. The summed E-state index contributed by atoms with van der Waals surface area (Å²) in [5, 5.41) is 10.4. The topological polar surface area (TPSA) is 86.1 Å². The zero-order valence-electron chi connectivity index (χ0n) is 13.4. The lowest BCUT2D eigenvalue weighted by Gasteiger charge is -2.18. The van der Waals surface area contributed by atoms with Gasteiger partial charge in [-0.1, -0.05) is 49.4 Å². The summed E-state index contributed by atoms with van der Waals surface area (Å²) < 4.78 is 6.28. The van der Waals surface area contributed by atoms with E-state index in [1.165, 1.54) is 7.11 Å². The second-order valence-corrected chi connectivity index (χ2v) is 5.51. The van der Waals surface area contributed by atoms with Crippen molar-refractivity contribution >= 4 is 11.9 Å². The Hall–Kier alpha value is -2.70. The van der Waals surface area contributed by atoms with E-state index in [2.05, 4.69) is 15.6 Å². The highest BCUT2D eigenvalue weighted by Crippen LogP contribution is 2.06. The number of nitrogens with one attached hydrogen (secondary N) is 1. The monoisotopic (exact) mass is 316 g/mol. The van der Waals surface area contributed by atoms with E-state index in [-0.39, 0.29) is 11.6 Å². The number of amides is 1. The Bertz CT molecular complexity index is 667. The van der Waals surface area contributed by atoms with Gasteiger partial charge in [0, 0.05) is 0 Å². The number of esters is 1. The normalized spacial score (nSPS) is 12.0. The molecule has 0 bridgehead atoms. The summed E-state index contributed by atoms with van der Waals surface area (Å²) in [6, 6.07) is 9.02. The number of carbonyl (C=O) groups is 2. The maximum atomic E-state index is 12.2. The van der Waals surface area contributed by atoms with Crippen LogP contribution in [0, 0.1) is 5.92 Å². The van der Waals surface area contributed by atoms with Crippen LogP contribution in [-0.4, -0.2) is 40.0 Å². The van der Waals surface area contributed by atoms with Gasteiger partial charge in [0.2, 0.25) is 0 Å². The number of carbonyl (C=O) groups excluding carboxylic acids is 2. The van der Waals surface area contributed by atoms with Gasteiger partial charge in [-0.3, -0.25) is 4.79 Å². The van der Waals surface area contributed by atoms with Crippen molar-refractivity contribution in [2.24, 2.45) is 5.92 Å². The second kappa shape index (κ2) is 7.53. The van der Waals surface area contributed by atoms with Crippen molar-refractivity contribution < 1.29 is 14.3 Å². The van der Waals surface area contributed by atoms with E-state index in [4.69, 9.17) is 4.74 Å². The average molecular weight is 316 g/mol. The van der Waals surface area contributed by atoms with Gasteiger partial charge in [0.05, 0.1) is 19.9 Å². The van der Waals surface area contributed by atoms with Gasteiger partial charge in [0.25, 0.3) is 5.91 Å². The minimum Gasteiger partial charge on any atom is -0.467 e. The molecule has 1 atom stereocenters. The van der Waals surface area contributed by atoms with Crippen molar-refractivity contribution in [3.8, 4) is 0 Å². The van der Waals surface area contributed by atoms with Gasteiger partial charge in [0.15, 0.2) is 5.69 Å². The first-order valence-electron chi connectivity index (χ1n) is 7.34. The molecule has 7 nitrogen and oxygen atoms in total. The second-order valence-electron chi connectivity index (χ2n) is 5.51. The Morgan fingerprint density at radius 3 is 2.57 bits per heavy atom. The molecule has 1 aromatic carbocycles. The molecule has 0 unspecified atom stereocenters. The van der Waals surface area contributed by atoms with Crippen LogP contribution in [0.4, 0.5) is 0 Å². The summed E-state index contributed by atoms with van der Waals surface area (Å²) in [5.74, 6) is -1.02. The molecule has 7 heteroatoms. The molecule has 0 aliphatic heterocycles. The molecule has 122 valence electrons. The summed E-state index contributed by atoms with van der Waals surface area (Å²) in [6.45, 7) is 4.17. The molecule has 2 rings (SSSR count). The zero-order chi connectivity index (χ0) is 16.8. The van der Waals surface area contributed by atoms with E-state index in [9.17, 15) is 9.59 Å². The summed E-state index contributed by atoms with van der Waals surface area (Å²) >= 11 is 0. The average Bonchev–Trinajstić information content (AvgIpc) is 3.01. The van der Waals surface area contributed by atoms with E-state index in [1.54, 1.807) is 10.9 Å². The lowest BCUT2D eigenvalue weighted by molar-refractivity contribution is -0.144. The van der Waals surface area contributed by atoms with Crippen LogP contribution in [0.2, 0.25) is 0 Å². The van der Waals surface area contributed by atoms with Crippen LogP contribution in [0.1, 0.15) is 29.9 Å². The highest BCUT2D eigenvalue weighted by Gasteiger charge is 2.26. The SMILES string of the molecule is COC(=O)[C@H](NC(=O)c1cn(Cc2ccccc2)nn1)C(C)C. The largest absolute Gasteiger partial charge is 0.467 e. The number of methoxy groups -OCH3 is 1. The van der Waals surface area contributed by atoms with Crippen LogP contribution < -0.4 is 5.32 Å². The first kappa shape index (κ1) is 16.7. The lowest BCUT2D eigenvalue weighted by Crippen LogP contribution is -2.45. The summed E-state index contributed by atoms with van der Waals surface area (Å²) in [6.07, 6.45) is 1.55. The predicted molar refractivity (Wildman–Crippen MR) is 83.7 cm³/mol. The first-order chi connectivity index (χ1) is 11.0. The van der Waals surface area contributed by atoms with Gasteiger partial charge in [-0.25, -0.2) is 9.48 Å². The Labute approximate surface area is 134 Å². The third-order valence-electron chi connectivity index (χ3n) is 3.37. The van der Waals surface area contributed by atoms with Gasteiger partial charge in [-0.15, -0.1) is 5.10 Å². The highest BCUT2D eigenvalue weighted by atomic mass is 16.5. The van der Waals surface area contributed by atoms with Crippen molar-refractivity contribution in [1.82, 2.24) is 20.3 Å². The lowest BCUT2D eigenvalue weighted by atomic mass is 10.0. The number of rotatable bonds is 6. The van der Waals surface area contributed by atoms with Gasteiger partial charge in [-0.2, -0.15) is 0 Å². The summed E-state index contributed by atoms with van der Waals surface area (Å²) in [4.78, 5) is 23.9. The van der Waals surface area contributed by atoms with Crippen LogP contribution in [0.5, 0.6) is 0 Å². The van der Waals surface area contributed by atoms with Crippen LogP contribution >= 0.6 is 0 Å². The molecule has 2 aromatic rings. The van der Waals surface area contributed by atoms with Crippen LogP contribution in [0.15, 0.2) is 36.5 Å². The molecule has 0 fully saturated rings. The van der Waals surface area contributed by atoms with Crippen molar-refractivity contribution in [2.75, 3.05) is 7.11 Å². The third kappa shape index (κ3) is 4.38. The molecule has 0 aliphatic rings. The summed E-state index contributed by atoms with van der Waals surface area (Å²) in [7, 11) is 1.29. The third-order valence-corrected chi connectivity index (χ3v) is 3.37. The fourth-order valence-corrected chi connectivity index (χ4v) is 2.09. The van der Waals surface area contributed by atoms with Crippen molar-refractivity contribution in [3.63, 3.8) is 0 Å². The molecular weight excluding hydrogens is 296 g/mol. The van der Waals surface area contributed by atoms with E-state index in [1.807, 2.05) is 44.2 Å². The predicted octanol–water partition coefficient (Wildman–Crippen LogP) is 1.25. The molecule has 0 spiro atoms. The van der Waals surface area contributed by atoms with Crippen molar-refractivity contribution in [1.29, 1.82) is 0 Å². The Morgan fingerprint density at radius 1 is 1.26 bits per heavy atom. The fourth-order valence-electron chi connectivity index (χ4n) is 2.09. The zero-order valence-corrected chi connectivity index (χ0v) is 13.4. The number of hydrogen-bond acceptors (Lipinski definition) is 5. The number of benzene rings is 1. The fraction of sp³-hybridized carbons (Fsp3) is 0.375. The van der Waals surface area contributed by atoms with Crippen molar-refractivity contribution in [2.45, 2.75) is 26.4 Å². The van der Waals surface area contributed by atoms with Crippen LogP contribution in [0.25, 0.3) is 0 Å². The van der Waals surface area contributed by atoms with E-state index < -0.39 is 17.9 Å². The van der Waals surface area contributed by atoms with E-state index in [0.717, 1.165) is 5.56 Å². The highest BCUT2D eigenvalue weighted by molar-refractivity contribution is 5.94. The molecule has 0 radical (unpaired) electrons. The molecule has 1 heterocycles. The molecule has 1 amide bonds. The number of hydrogen-bond donors (Lipinski definition) is 1. The minimum absolute atomic E-state index is 0.0919. The molecule has 1 N–H and O–H groups in total. The molecular formula is C16H20N4O3. The maximum Gasteiger partial charge on any atom is 0.328 e. The number of nitrogens with zero attached hydrogens (tertiary/aromatic N) is 3. The first-order valence-corrected chi connectivity index (χ1v) is 7.34. The van der Waals surface area contributed by atoms with E-state index in [0.29, 0.717) is 6.54 Å². The molecule has 0 saturated carbocycles. The van der Waals surface area contributed by atoms with Crippen molar-refractivity contribution in [3.05, 3.63) is 47.8 Å². The Morgan fingerprint density at radius 2 is 1.96 bits per heavy atom. The Balaban J connectivity index is 2.04. The molecule has 0 aliphatic carbocycles. The van der Waals surface area contributed by atoms with Gasteiger partial charge in [-0.05, 0) is 11.5 Å². The summed E-state index contributed by atoms with van der Waals surface area (Å²) in [5.41, 5.74) is 1.22. The van der Waals surface area contributed by atoms with Gasteiger partial charge in [0.1, 0.15) is 6.04 Å². The van der Waals surface area contributed by atoms with Crippen LogP contribution in [0.3, 0.4) is 0 Å².